The fourth-order valence-corrected chi connectivity index (χ4v) is 4.00. The second-order valence-corrected chi connectivity index (χ2v) is 6.18. The Bertz CT molecular complexity index is 279. The summed E-state index contributed by atoms with van der Waals surface area (Å²) >= 11 is 0. The molecule has 0 radical (unpaired) electrons. The van der Waals surface area contributed by atoms with Gasteiger partial charge in [0.2, 0.25) is 0 Å². The van der Waals surface area contributed by atoms with Crippen molar-refractivity contribution in [1.29, 1.82) is 0 Å². The highest BCUT2D eigenvalue weighted by molar-refractivity contribution is 5.67. The molecule has 2 aliphatic rings. The van der Waals surface area contributed by atoms with Crippen molar-refractivity contribution in [2.24, 2.45) is 23.0 Å². The SMILES string of the molecule is NC[C@@]1(CC(=O)O)CCC2CCCCC[C@H]2C1. The maximum absolute atomic E-state index is 11.0. The Morgan fingerprint density at radius 1 is 1.18 bits per heavy atom. The first-order valence-corrected chi connectivity index (χ1v) is 7.07. The number of carboxylic acid groups (broad SMARTS) is 1. The van der Waals surface area contributed by atoms with Gasteiger partial charge in [-0.2, -0.15) is 0 Å². The molecular formula is C14H25NO2. The Morgan fingerprint density at radius 2 is 1.88 bits per heavy atom. The number of aliphatic carboxylic acids is 1. The summed E-state index contributed by atoms with van der Waals surface area (Å²) in [5.74, 6) is 0.919. The second kappa shape index (κ2) is 5.38. The second-order valence-electron chi connectivity index (χ2n) is 6.18. The molecule has 17 heavy (non-hydrogen) atoms. The molecule has 0 saturated heterocycles. The van der Waals surface area contributed by atoms with Gasteiger partial charge in [0.1, 0.15) is 0 Å². The third kappa shape index (κ3) is 3.01. The summed E-state index contributed by atoms with van der Waals surface area (Å²) in [5.41, 5.74) is 5.78. The lowest BCUT2D eigenvalue weighted by atomic mass is 9.62. The van der Waals surface area contributed by atoms with Gasteiger partial charge in [-0.25, -0.2) is 0 Å². The van der Waals surface area contributed by atoms with Gasteiger partial charge in [0, 0.05) is 0 Å². The Balaban J connectivity index is 2.04. The van der Waals surface area contributed by atoms with E-state index in [0.717, 1.165) is 24.7 Å². The molecule has 2 rings (SSSR count). The molecule has 98 valence electrons. The van der Waals surface area contributed by atoms with Gasteiger partial charge in [-0.15, -0.1) is 0 Å². The molecular weight excluding hydrogens is 214 g/mol. The predicted molar refractivity (Wildman–Crippen MR) is 67.7 cm³/mol. The summed E-state index contributed by atoms with van der Waals surface area (Å²) in [6, 6.07) is 0. The van der Waals surface area contributed by atoms with Crippen molar-refractivity contribution in [3.05, 3.63) is 0 Å². The van der Waals surface area contributed by atoms with Crippen molar-refractivity contribution < 1.29 is 9.90 Å². The van der Waals surface area contributed by atoms with E-state index < -0.39 is 5.97 Å². The maximum Gasteiger partial charge on any atom is 0.303 e. The molecule has 0 aromatic rings. The Hall–Kier alpha value is -0.570. The van der Waals surface area contributed by atoms with Crippen LogP contribution in [0.15, 0.2) is 0 Å². The monoisotopic (exact) mass is 239 g/mol. The van der Waals surface area contributed by atoms with Gasteiger partial charge in [0.15, 0.2) is 0 Å². The number of hydrogen-bond donors (Lipinski definition) is 2. The molecule has 3 heteroatoms. The average Bonchev–Trinajstić information content (AvgIpc) is 2.52. The summed E-state index contributed by atoms with van der Waals surface area (Å²) in [7, 11) is 0. The van der Waals surface area contributed by atoms with Crippen molar-refractivity contribution in [1.82, 2.24) is 0 Å². The van der Waals surface area contributed by atoms with Crippen LogP contribution < -0.4 is 5.73 Å². The summed E-state index contributed by atoms with van der Waals surface area (Å²) in [6.07, 6.45) is 10.3. The largest absolute Gasteiger partial charge is 0.481 e. The number of carboxylic acids is 1. The molecule has 2 fully saturated rings. The van der Waals surface area contributed by atoms with E-state index in [9.17, 15) is 4.79 Å². The highest BCUT2D eigenvalue weighted by Crippen LogP contribution is 2.48. The molecule has 0 aromatic heterocycles. The fourth-order valence-electron chi connectivity index (χ4n) is 4.00. The zero-order valence-corrected chi connectivity index (χ0v) is 10.7. The van der Waals surface area contributed by atoms with Gasteiger partial charge in [-0.1, -0.05) is 32.1 Å². The maximum atomic E-state index is 11.0. The third-order valence-electron chi connectivity index (χ3n) is 5.02. The van der Waals surface area contributed by atoms with E-state index in [1.165, 1.54) is 38.5 Å². The lowest BCUT2D eigenvalue weighted by Crippen LogP contribution is -2.40. The fraction of sp³-hybridized carbons (Fsp3) is 0.929. The van der Waals surface area contributed by atoms with E-state index in [1.54, 1.807) is 0 Å². The number of nitrogens with two attached hydrogens (primary N) is 1. The molecule has 3 atom stereocenters. The van der Waals surface area contributed by atoms with Crippen molar-refractivity contribution >= 4 is 5.97 Å². The molecule has 0 amide bonds. The van der Waals surface area contributed by atoms with Gasteiger partial charge in [-0.05, 0) is 43.1 Å². The topological polar surface area (TPSA) is 63.3 Å². The van der Waals surface area contributed by atoms with E-state index in [2.05, 4.69) is 0 Å². The molecule has 1 unspecified atom stereocenters. The first kappa shape index (κ1) is 12.9. The van der Waals surface area contributed by atoms with Crippen LogP contribution in [0.25, 0.3) is 0 Å². The smallest absolute Gasteiger partial charge is 0.303 e. The Labute approximate surface area is 104 Å². The highest BCUT2D eigenvalue weighted by Gasteiger charge is 2.41. The normalized spacial score (nSPS) is 38.2. The van der Waals surface area contributed by atoms with Crippen LogP contribution in [0.3, 0.4) is 0 Å². The number of rotatable bonds is 3. The molecule has 0 aliphatic heterocycles. The zero-order valence-electron chi connectivity index (χ0n) is 10.7. The first-order chi connectivity index (χ1) is 8.15. The first-order valence-electron chi connectivity index (χ1n) is 7.07. The third-order valence-corrected chi connectivity index (χ3v) is 5.02. The summed E-state index contributed by atoms with van der Waals surface area (Å²) in [6.45, 7) is 0.544. The van der Waals surface area contributed by atoms with Crippen LogP contribution in [-0.2, 0) is 4.79 Å². The van der Waals surface area contributed by atoms with Crippen LogP contribution in [0.4, 0.5) is 0 Å². The van der Waals surface area contributed by atoms with Crippen LogP contribution in [0, 0.1) is 17.3 Å². The molecule has 0 spiro atoms. The highest BCUT2D eigenvalue weighted by atomic mass is 16.4. The minimum atomic E-state index is -0.678. The molecule has 3 N–H and O–H groups in total. The predicted octanol–water partition coefficient (Wildman–Crippen LogP) is 2.79. The van der Waals surface area contributed by atoms with E-state index in [0.29, 0.717) is 6.54 Å². The van der Waals surface area contributed by atoms with Crippen LogP contribution in [-0.4, -0.2) is 17.6 Å². The Kier molecular flexibility index (Phi) is 4.08. The number of fused-ring (bicyclic) bond motifs is 1. The van der Waals surface area contributed by atoms with Crippen LogP contribution in [0.1, 0.15) is 57.8 Å². The van der Waals surface area contributed by atoms with Crippen molar-refractivity contribution in [3.63, 3.8) is 0 Å². The molecule has 2 saturated carbocycles. The van der Waals surface area contributed by atoms with Crippen molar-refractivity contribution in [3.8, 4) is 0 Å². The van der Waals surface area contributed by atoms with Crippen molar-refractivity contribution in [2.45, 2.75) is 57.8 Å². The van der Waals surface area contributed by atoms with Crippen LogP contribution in [0.5, 0.6) is 0 Å². The number of carbonyl (C=O) groups is 1. The molecule has 0 heterocycles. The summed E-state index contributed by atoms with van der Waals surface area (Å²) < 4.78 is 0. The Morgan fingerprint density at radius 3 is 2.53 bits per heavy atom. The molecule has 0 aromatic carbocycles. The quantitative estimate of drug-likeness (QED) is 0.796. The minimum Gasteiger partial charge on any atom is -0.481 e. The van der Waals surface area contributed by atoms with Gasteiger partial charge in [0.05, 0.1) is 6.42 Å². The summed E-state index contributed by atoms with van der Waals surface area (Å²) in [4.78, 5) is 11.0. The van der Waals surface area contributed by atoms with E-state index in [-0.39, 0.29) is 11.8 Å². The standard InChI is InChI=1S/C14H25NO2/c15-10-14(9-13(16)17)7-6-11-4-2-1-3-5-12(11)8-14/h11-12H,1-10,15H2,(H,16,17)/t11?,12-,14-/m0/s1. The zero-order chi connectivity index (χ0) is 12.3. The number of hydrogen-bond acceptors (Lipinski definition) is 2. The molecule has 0 bridgehead atoms. The van der Waals surface area contributed by atoms with E-state index in [1.807, 2.05) is 0 Å². The van der Waals surface area contributed by atoms with Crippen LogP contribution in [0.2, 0.25) is 0 Å². The lowest BCUT2D eigenvalue weighted by molar-refractivity contribution is -0.140. The molecule has 2 aliphatic carbocycles. The van der Waals surface area contributed by atoms with Gasteiger partial charge in [0.25, 0.3) is 0 Å². The van der Waals surface area contributed by atoms with E-state index in [4.69, 9.17) is 10.8 Å². The van der Waals surface area contributed by atoms with Gasteiger partial charge < -0.3 is 10.8 Å². The van der Waals surface area contributed by atoms with Crippen LogP contribution >= 0.6 is 0 Å². The minimum absolute atomic E-state index is 0.0999. The van der Waals surface area contributed by atoms with Gasteiger partial charge in [-0.3, -0.25) is 4.79 Å². The van der Waals surface area contributed by atoms with E-state index >= 15 is 0 Å². The van der Waals surface area contributed by atoms with Crippen molar-refractivity contribution in [2.75, 3.05) is 6.54 Å². The molecule has 3 nitrogen and oxygen atoms in total. The average molecular weight is 239 g/mol. The lowest BCUT2D eigenvalue weighted by Gasteiger charge is -2.43. The van der Waals surface area contributed by atoms with Gasteiger partial charge >= 0.3 is 5.97 Å². The summed E-state index contributed by atoms with van der Waals surface area (Å²) in [5, 5.41) is 9.06.